The van der Waals surface area contributed by atoms with Crippen molar-refractivity contribution in [3.05, 3.63) is 40.5 Å². The van der Waals surface area contributed by atoms with Crippen LogP contribution in [0, 0.1) is 0 Å². The molecule has 8 heteroatoms. The fourth-order valence-corrected chi connectivity index (χ4v) is 4.17. The van der Waals surface area contributed by atoms with Crippen LogP contribution in [0.1, 0.15) is 32.5 Å². The van der Waals surface area contributed by atoms with E-state index in [4.69, 9.17) is 10.5 Å². The molecule has 4 rings (SSSR count). The topological polar surface area (TPSA) is 98.4 Å². The standard InChI is InChI=1S/C18H16N4O3S/c1-3-25-18(24)15-12(19)14-16(26-15)13(20-8-21-14)9-4-5-11-10(6-9)7-22(2)17(11)23/h4-6,8H,3,7,19H2,1-2H3. The van der Waals surface area contributed by atoms with Crippen LogP contribution in [-0.4, -0.2) is 40.4 Å². The lowest BCUT2D eigenvalue weighted by atomic mass is 10.0. The summed E-state index contributed by atoms with van der Waals surface area (Å²) in [7, 11) is 1.77. The molecule has 26 heavy (non-hydrogen) atoms. The van der Waals surface area contributed by atoms with Gasteiger partial charge in [0.2, 0.25) is 0 Å². The van der Waals surface area contributed by atoms with Crippen LogP contribution in [-0.2, 0) is 11.3 Å². The maximum atomic E-state index is 12.1. The second-order valence-corrected chi connectivity index (χ2v) is 7.02. The smallest absolute Gasteiger partial charge is 0.350 e. The van der Waals surface area contributed by atoms with Crippen molar-refractivity contribution in [2.75, 3.05) is 19.4 Å². The van der Waals surface area contributed by atoms with Crippen LogP contribution in [0.2, 0.25) is 0 Å². The van der Waals surface area contributed by atoms with E-state index in [1.165, 1.54) is 17.7 Å². The first-order valence-electron chi connectivity index (χ1n) is 8.10. The van der Waals surface area contributed by atoms with Crippen LogP contribution in [0.3, 0.4) is 0 Å². The third-order valence-electron chi connectivity index (χ3n) is 4.33. The van der Waals surface area contributed by atoms with Gasteiger partial charge in [-0.15, -0.1) is 11.3 Å². The summed E-state index contributed by atoms with van der Waals surface area (Å²) in [4.78, 5) is 34.8. The number of nitrogen functional groups attached to an aromatic ring is 1. The van der Waals surface area contributed by atoms with Gasteiger partial charge in [0.25, 0.3) is 5.91 Å². The zero-order valence-electron chi connectivity index (χ0n) is 14.3. The number of anilines is 1. The van der Waals surface area contributed by atoms with E-state index >= 15 is 0 Å². The molecule has 0 fully saturated rings. The minimum Gasteiger partial charge on any atom is -0.462 e. The minimum absolute atomic E-state index is 0.0179. The Labute approximate surface area is 153 Å². The highest BCUT2D eigenvalue weighted by Gasteiger charge is 2.26. The number of fused-ring (bicyclic) bond motifs is 2. The predicted molar refractivity (Wildman–Crippen MR) is 99.0 cm³/mol. The Morgan fingerprint density at radius 1 is 1.38 bits per heavy atom. The number of ether oxygens (including phenoxy) is 1. The van der Waals surface area contributed by atoms with Crippen LogP contribution in [0.15, 0.2) is 24.5 Å². The van der Waals surface area contributed by atoms with E-state index < -0.39 is 5.97 Å². The largest absolute Gasteiger partial charge is 0.462 e. The minimum atomic E-state index is -0.458. The number of carbonyl (C=O) groups is 2. The SMILES string of the molecule is CCOC(=O)c1sc2c(-c3ccc4c(c3)CN(C)C4=O)ncnc2c1N. The highest BCUT2D eigenvalue weighted by molar-refractivity contribution is 7.22. The van der Waals surface area contributed by atoms with Crippen molar-refractivity contribution in [3.8, 4) is 11.3 Å². The Morgan fingerprint density at radius 3 is 2.96 bits per heavy atom. The molecule has 3 heterocycles. The van der Waals surface area contributed by atoms with E-state index in [1.807, 2.05) is 18.2 Å². The fourth-order valence-electron chi connectivity index (χ4n) is 3.09. The summed E-state index contributed by atoms with van der Waals surface area (Å²) in [5.74, 6) is -0.440. The van der Waals surface area contributed by atoms with Gasteiger partial charge < -0.3 is 15.4 Å². The zero-order chi connectivity index (χ0) is 18.4. The van der Waals surface area contributed by atoms with Crippen LogP contribution < -0.4 is 5.73 Å². The van der Waals surface area contributed by atoms with E-state index in [2.05, 4.69) is 9.97 Å². The van der Waals surface area contributed by atoms with E-state index in [0.717, 1.165) is 15.8 Å². The number of thiophene rings is 1. The van der Waals surface area contributed by atoms with Gasteiger partial charge in [0, 0.05) is 24.7 Å². The number of hydrogen-bond acceptors (Lipinski definition) is 7. The number of carbonyl (C=O) groups excluding carboxylic acids is 2. The number of aromatic nitrogens is 2. The van der Waals surface area contributed by atoms with Crippen LogP contribution in [0.5, 0.6) is 0 Å². The van der Waals surface area contributed by atoms with Crippen molar-refractivity contribution in [2.45, 2.75) is 13.5 Å². The summed E-state index contributed by atoms with van der Waals surface area (Å²) in [6.07, 6.45) is 1.43. The van der Waals surface area contributed by atoms with Gasteiger partial charge in [-0.3, -0.25) is 4.79 Å². The number of nitrogens with two attached hydrogens (primary N) is 1. The molecule has 0 saturated carbocycles. The molecule has 3 aromatic rings. The van der Waals surface area contributed by atoms with Gasteiger partial charge >= 0.3 is 5.97 Å². The van der Waals surface area contributed by atoms with Gasteiger partial charge in [-0.25, -0.2) is 14.8 Å². The highest BCUT2D eigenvalue weighted by atomic mass is 32.1. The zero-order valence-corrected chi connectivity index (χ0v) is 15.1. The summed E-state index contributed by atoms with van der Waals surface area (Å²) in [6, 6.07) is 5.63. The number of esters is 1. The van der Waals surface area contributed by atoms with Gasteiger partial charge in [-0.1, -0.05) is 6.07 Å². The van der Waals surface area contributed by atoms with Crippen LogP contribution >= 0.6 is 11.3 Å². The molecule has 2 N–H and O–H groups in total. The molecule has 0 unspecified atom stereocenters. The van der Waals surface area contributed by atoms with Gasteiger partial charge in [0.1, 0.15) is 16.7 Å². The van der Waals surface area contributed by atoms with E-state index in [1.54, 1.807) is 18.9 Å². The summed E-state index contributed by atoms with van der Waals surface area (Å²) in [5, 5.41) is 0. The molecule has 0 saturated heterocycles. The van der Waals surface area contributed by atoms with Gasteiger partial charge in [0.05, 0.1) is 22.7 Å². The molecule has 0 atom stereocenters. The van der Waals surface area contributed by atoms with E-state index in [-0.39, 0.29) is 12.5 Å². The molecule has 1 amide bonds. The van der Waals surface area contributed by atoms with Gasteiger partial charge in [0.15, 0.2) is 0 Å². The summed E-state index contributed by atoms with van der Waals surface area (Å²) in [6.45, 7) is 2.59. The lowest BCUT2D eigenvalue weighted by Gasteiger charge is -2.05. The van der Waals surface area contributed by atoms with Gasteiger partial charge in [-0.2, -0.15) is 0 Å². The molecular weight excluding hydrogens is 352 g/mol. The number of benzene rings is 1. The second kappa shape index (κ2) is 6.06. The highest BCUT2D eigenvalue weighted by Crippen LogP contribution is 2.38. The molecule has 0 aliphatic carbocycles. The number of nitrogens with zero attached hydrogens (tertiary/aromatic N) is 3. The molecule has 2 aromatic heterocycles. The molecule has 0 spiro atoms. The Balaban J connectivity index is 1.86. The first kappa shape index (κ1) is 16.5. The van der Waals surface area contributed by atoms with Crippen molar-refractivity contribution < 1.29 is 14.3 Å². The molecule has 0 radical (unpaired) electrons. The summed E-state index contributed by atoms with van der Waals surface area (Å²) < 4.78 is 5.80. The number of rotatable bonds is 3. The van der Waals surface area contributed by atoms with Crippen molar-refractivity contribution in [1.29, 1.82) is 0 Å². The van der Waals surface area contributed by atoms with Crippen molar-refractivity contribution in [3.63, 3.8) is 0 Å². The number of hydrogen-bond donors (Lipinski definition) is 1. The Morgan fingerprint density at radius 2 is 2.19 bits per heavy atom. The Bertz CT molecular complexity index is 1060. The van der Waals surface area contributed by atoms with E-state index in [9.17, 15) is 9.59 Å². The average Bonchev–Trinajstić information content (AvgIpc) is 3.12. The fraction of sp³-hybridized carbons (Fsp3) is 0.222. The van der Waals surface area contributed by atoms with Crippen LogP contribution in [0.4, 0.5) is 5.69 Å². The summed E-state index contributed by atoms with van der Waals surface area (Å²) >= 11 is 1.23. The van der Waals surface area contributed by atoms with Crippen molar-refractivity contribution >= 4 is 39.1 Å². The van der Waals surface area contributed by atoms with Crippen LogP contribution in [0.25, 0.3) is 21.5 Å². The molecule has 7 nitrogen and oxygen atoms in total. The Hall–Kier alpha value is -3.00. The predicted octanol–water partition coefficient (Wildman–Crippen LogP) is 2.70. The lowest BCUT2D eigenvalue weighted by molar-refractivity contribution is 0.0533. The maximum absolute atomic E-state index is 12.1. The first-order chi connectivity index (χ1) is 12.5. The number of amides is 1. The molecule has 1 aromatic carbocycles. The third-order valence-corrected chi connectivity index (χ3v) is 5.51. The normalized spacial score (nSPS) is 13.3. The first-order valence-corrected chi connectivity index (χ1v) is 8.91. The quantitative estimate of drug-likeness (QED) is 0.714. The molecule has 1 aliphatic heterocycles. The molecule has 132 valence electrons. The second-order valence-electron chi connectivity index (χ2n) is 6.00. The summed E-state index contributed by atoms with van der Waals surface area (Å²) in [5.41, 5.74) is 10.2. The third kappa shape index (κ3) is 2.41. The maximum Gasteiger partial charge on any atom is 0.350 e. The monoisotopic (exact) mass is 368 g/mol. The lowest BCUT2D eigenvalue weighted by Crippen LogP contribution is -2.17. The van der Waals surface area contributed by atoms with Crippen molar-refractivity contribution in [1.82, 2.24) is 14.9 Å². The van der Waals surface area contributed by atoms with Gasteiger partial charge in [-0.05, 0) is 24.6 Å². The average molecular weight is 368 g/mol. The van der Waals surface area contributed by atoms with Crippen molar-refractivity contribution in [2.24, 2.45) is 0 Å². The molecular formula is C18H16N4O3S. The molecule has 0 bridgehead atoms. The molecule has 1 aliphatic rings. The van der Waals surface area contributed by atoms with E-state index in [0.29, 0.717) is 33.9 Å². The Kier molecular flexibility index (Phi) is 3.84.